The van der Waals surface area contributed by atoms with Gasteiger partial charge < -0.3 is 15.0 Å². The van der Waals surface area contributed by atoms with Crippen LogP contribution in [0.1, 0.15) is 17.3 Å². The average molecular weight is 440 g/mol. The molecule has 2 amide bonds. The van der Waals surface area contributed by atoms with Crippen LogP contribution in [0.15, 0.2) is 42.5 Å². The topological polar surface area (TPSA) is 105 Å². The van der Waals surface area contributed by atoms with Crippen LogP contribution in [-0.4, -0.2) is 51.6 Å². The SMILES string of the molecule is CCN(CC(=O)Nc1ccccc1OC)C(=O)c1ccc(Cl)c(NS(C)(=O)=O)c1. The number of carbonyl (C=O) groups excluding carboxylic acids is 2. The smallest absolute Gasteiger partial charge is 0.254 e. The number of halogens is 1. The van der Waals surface area contributed by atoms with Crippen LogP contribution in [0.25, 0.3) is 0 Å². The molecule has 0 heterocycles. The van der Waals surface area contributed by atoms with E-state index >= 15 is 0 Å². The normalized spacial score (nSPS) is 10.9. The van der Waals surface area contributed by atoms with Crippen molar-refractivity contribution in [2.45, 2.75) is 6.92 Å². The number of nitrogens with zero attached hydrogens (tertiary/aromatic N) is 1. The fourth-order valence-electron chi connectivity index (χ4n) is 2.56. The Kier molecular flexibility index (Phi) is 7.46. The highest BCUT2D eigenvalue weighted by molar-refractivity contribution is 7.92. The van der Waals surface area contributed by atoms with Gasteiger partial charge >= 0.3 is 0 Å². The number of likely N-dealkylation sites (N-methyl/N-ethyl adjacent to an activating group) is 1. The third-order valence-electron chi connectivity index (χ3n) is 3.89. The van der Waals surface area contributed by atoms with Crippen LogP contribution in [0.3, 0.4) is 0 Å². The van der Waals surface area contributed by atoms with E-state index in [1.807, 2.05) is 0 Å². The van der Waals surface area contributed by atoms with Gasteiger partial charge in [-0.3, -0.25) is 14.3 Å². The summed E-state index contributed by atoms with van der Waals surface area (Å²) in [5.74, 6) is -0.326. The van der Waals surface area contributed by atoms with Crippen molar-refractivity contribution < 1.29 is 22.7 Å². The summed E-state index contributed by atoms with van der Waals surface area (Å²) >= 11 is 6.00. The maximum Gasteiger partial charge on any atom is 0.254 e. The van der Waals surface area contributed by atoms with Gasteiger partial charge in [0.2, 0.25) is 15.9 Å². The Labute approximate surface area is 174 Å². The lowest BCUT2D eigenvalue weighted by Gasteiger charge is -2.21. The number of methoxy groups -OCH3 is 1. The van der Waals surface area contributed by atoms with Crippen molar-refractivity contribution in [2.75, 3.05) is 36.5 Å². The molecule has 0 atom stereocenters. The lowest BCUT2D eigenvalue weighted by Crippen LogP contribution is -2.38. The van der Waals surface area contributed by atoms with E-state index in [-0.39, 0.29) is 29.4 Å². The van der Waals surface area contributed by atoms with E-state index in [0.29, 0.717) is 11.4 Å². The van der Waals surface area contributed by atoms with Gasteiger partial charge in [0, 0.05) is 12.1 Å². The Morgan fingerprint density at radius 3 is 2.45 bits per heavy atom. The van der Waals surface area contributed by atoms with Gasteiger partial charge in [0.15, 0.2) is 0 Å². The van der Waals surface area contributed by atoms with Crippen LogP contribution in [0.5, 0.6) is 5.75 Å². The van der Waals surface area contributed by atoms with Crippen molar-refractivity contribution in [1.82, 2.24) is 4.90 Å². The van der Waals surface area contributed by atoms with Crippen LogP contribution >= 0.6 is 11.6 Å². The number of hydrogen-bond donors (Lipinski definition) is 2. The Balaban J connectivity index is 2.16. The maximum absolute atomic E-state index is 12.8. The first-order chi connectivity index (χ1) is 13.6. The summed E-state index contributed by atoms with van der Waals surface area (Å²) in [5, 5.41) is 2.87. The number of benzene rings is 2. The van der Waals surface area contributed by atoms with Gasteiger partial charge in [-0.25, -0.2) is 8.42 Å². The first kappa shape index (κ1) is 22.5. The number of para-hydroxylation sites is 2. The number of amides is 2. The van der Waals surface area contributed by atoms with Crippen LogP contribution in [0.2, 0.25) is 5.02 Å². The lowest BCUT2D eigenvalue weighted by molar-refractivity contribution is -0.116. The molecule has 0 aromatic heterocycles. The number of ether oxygens (including phenoxy) is 1. The van der Waals surface area contributed by atoms with Gasteiger partial charge in [0.1, 0.15) is 12.3 Å². The molecule has 0 aliphatic carbocycles. The minimum absolute atomic E-state index is 0.0922. The number of hydrogen-bond acceptors (Lipinski definition) is 5. The van der Waals surface area contributed by atoms with Gasteiger partial charge in [0.05, 0.1) is 29.8 Å². The molecule has 2 aromatic carbocycles. The molecule has 29 heavy (non-hydrogen) atoms. The monoisotopic (exact) mass is 439 g/mol. The Morgan fingerprint density at radius 1 is 1.14 bits per heavy atom. The van der Waals surface area contributed by atoms with Gasteiger partial charge in [-0.1, -0.05) is 23.7 Å². The van der Waals surface area contributed by atoms with E-state index < -0.39 is 21.8 Å². The van der Waals surface area contributed by atoms with E-state index in [1.165, 1.54) is 30.2 Å². The number of nitrogens with one attached hydrogen (secondary N) is 2. The van der Waals surface area contributed by atoms with E-state index in [0.717, 1.165) is 6.26 Å². The average Bonchev–Trinajstić information content (AvgIpc) is 2.66. The number of carbonyl (C=O) groups is 2. The summed E-state index contributed by atoms with van der Waals surface area (Å²) in [6.45, 7) is 1.82. The second kappa shape index (κ2) is 9.62. The molecule has 2 rings (SSSR count). The molecule has 0 radical (unpaired) electrons. The molecule has 0 saturated carbocycles. The molecule has 0 bridgehead atoms. The summed E-state index contributed by atoms with van der Waals surface area (Å²) in [6, 6.07) is 11.2. The molecule has 156 valence electrons. The van der Waals surface area contributed by atoms with Crippen LogP contribution in [-0.2, 0) is 14.8 Å². The van der Waals surface area contributed by atoms with Crippen molar-refractivity contribution in [3.05, 3.63) is 53.1 Å². The molecule has 8 nitrogen and oxygen atoms in total. The molecule has 0 unspecified atom stereocenters. The van der Waals surface area contributed by atoms with E-state index in [1.54, 1.807) is 31.2 Å². The highest BCUT2D eigenvalue weighted by atomic mass is 35.5. The minimum atomic E-state index is -3.56. The van der Waals surface area contributed by atoms with Crippen molar-refractivity contribution in [2.24, 2.45) is 0 Å². The van der Waals surface area contributed by atoms with Gasteiger partial charge in [-0.05, 0) is 37.3 Å². The third-order valence-corrected chi connectivity index (χ3v) is 4.81. The van der Waals surface area contributed by atoms with Crippen LogP contribution in [0.4, 0.5) is 11.4 Å². The zero-order valence-electron chi connectivity index (χ0n) is 16.2. The van der Waals surface area contributed by atoms with Crippen molar-refractivity contribution in [1.29, 1.82) is 0 Å². The molecular weight excluding hydrogens is 418 g/mol. The Hall–Kier alpha value is -2.78. The van der Waals surface area contributed by atoms with Crippen LogP contribution < -0.4 is 14.8 Å². The van der Waals surface area contributed by atoms with Gasteiger partial charge in [0.25, 0.3) is 5.91 Å². The highest BCUT2D eigenvalue weighted by Gasteiger charge is 2.20. The Morgan fingerprint density at radius 2 is 1.83 bits per heavy atom. The van der Waals surface area contributed by atoms with E-state index in [2.05, 4.69) is 10.0 Å². The third kappa shape index (κ3) is 6.37. The molecule has 2 N–H and O–H groups in total. The molecule has 0 spiro atoms. The number of rotatable bonds is 8. The highest BCUT2D eigenvalue weighted by Crippen LogP contribution is 2.25. The molecular formula is C19H22ClN3O5S. The zero-order valence-corrected chi connectivity index (χ0v) is 17.8. The standard InChI is InChI=1S/C19H22ClN3O5S/c1-4-23(12-18(24)21-15-7-5-6-8-17(15)28-2)19(25)13-9-10-14(20)16(11-13)22-29(3,26)27/h5-11,22H,4,12H2,1-3H3,(H,21,24). The quantitative estimate of drug-likeness (QED) is 0.658. The lowest BCUT2D eigenvalue weighted by atomic mass is 10.1. The molecule has 10 heteroatoms. The molecule has 0 aliphatic heterocycles. The summed E-state index contributed by atoms with van der Waals surface area (Å²) in [5.41, 5.74) is 0.789. The summed E-state index contributed by atoms with van der Waals surface area (Å²) in [6.07, 6.45) is 0.984. The predicted molar refractivity (Wildman–Crippen MR) is 113 cm³/mol. The van der Waals surface area contributed by atoms with Crippen LogP contribution in [0, 0.1) is 0 Å². The summed E-state index contributed by atoms with van der Waals surface area (Å²) in [7, 11) is -2.07. The maximum atomic E-state index is 12.8. The summed E-state index contributed by atoms with van der Waals surface area (Å²) < 4.78 is 30.4. The Bertz CT molecular complexity index is 1010. The minimum Gasteiger partial charge on any atom is -0.495 e. The molecule has 0 fully saturated rings. The van der Waals surface area contributed by atoms with Gasteiger partial charge in [-0.2, -0.15) is 0 Å². The zero-order chi connectivity index (χ0) is 21.6. The summed E-state index contributed by atoms with van der Waals surface area (Å²) in [4.78, 5) is 26.6. The molecule has 0 saturated heterocycles. The number of sulfonamides is 1. The van der Waals surface area contributed by atoms with Gasteiger partial charge in [-0.15, -0.1) is 0 Å². The fraction of sp³-hybridized carbons (Fsp3) is 0.263. The largest absolute Gasteiger partial charge is 0.495 e. The van der Waals surface area contributed by atoms with Crippen molar-refractivity contribution in [3.8, 4) is 5.75 Å². The van der Waals surface area contributed by atoms with Crippen molar-refractivity contribution in [3.63, 3.8) is 0 Å². The molecule has 0 aliphatic rings. The predicted octanol–water partition coefficient (Wildman–Crippen LogP) is 2.82. The first-order valence-corrected chi connectivity index (χ1v) is 10.9. The molecule has 2 aromatic rings. The van der Waals surface area contributed by atoms with E-state index in [9.17, 15) is 18.0 Å². The van der Waals surface area contributed by atoms with Crippen molar-refractivity contribution >= 4 is 44.8 Å². The van der Waals surface area contributed by atoms with E-state index in [4.69, 9.17) is 16.3 Å². The first-order valence-electron chi connectivity index (χ1n) is 8.64. The number of anilines is 2. The second-order valence-corrected chi connectivity index (χ2v) is 8.29. The second-order valence-electron chi connectivity index (χ2n) is 6.14. The fourth-order valence-corrected chi connectivity index (χ4v) is 3.35.